The number of hydrogen-bond donors (Lipinski definition) is 3. The second-order valence-corrected chi connectivity index (χ2v) is 6.67. The van der Waals surface area contributed by atoms with Crippen molar-refractivity contribution in [3.8, 4) is 11.8 Å². The standard InChI is InChI=1S/C16H21N3O2S/c1-9(2)18-15(22)19-14-13(20)11-7-10(8-17)5-6-12(11)21-16(14,3)4/h5-7,9,13-14,20H,1-4H3,(H2,18,19,22). The molecule has 22 heavy (non-hydrogen) atoms. The highest BCUT2D eigenvalue weighted by Gasteiger charge is 2.43. The van der Waals surface area contributed by atoms with Gasteiger partial charge < -0.3 is 20.5 Å². The predicted molar refractivity (Wildman–Crippen MR) is 88.6 cm³/mol. The van der Waals surface area contributed by atoms with E-state index in [9.17, 15) is 5.11 Å². The largest absolute Gasteiger partial charge is 0.485 e. The highest BCUT2D eigenvalue weighted by atomic mass is 32.1. The quantitative estimate of drug-likeness (QED) is 0.724. The summed E-state index contributed by atoms with van der Waals surface area (Å²) in [4.78, 5) is 0. The van der Waals surface area contributed by atoms with Gasteiger partial charge in [-0.1, -0.05) is 0 Å². The van der Waals surface area contributed by atoms with Crippen molar-refractivity contribution in [1.82, 2.24) is 10.6 Å². The topological polar surface area (TPSA) is 77.3 Å². The van der Waals surface area contributed by atoms with Gasteiger partial charge in [0.15, 0.2) is 5.11 Å². The van der Waals surface area contributed by atoms with Crippen molar-refractivity contribution in [2.24, 2.45) is 0 Å². The first-order valence-electron chi connectivity index (χ1n) is 7.22. The van der Waals surface area contributed by atoms with Crippen LogP contribution >= 0.6 is 12.2 Å². The molecule has 2 atom stereocenters. The maximum absolute atomic E-state index is 10.7. The van der Waals surface area contributed by atoms with Gasteiger partial charge in [-0.25, -0.2) is 0 Å². The minimum absolute atomic E-state index is 0.197. The van der Waals surface area contributed by atoms with Crippen LogP contribution in [0.25, 0.3) is 0 Å². The zero-order valence-electron chi connectivity index (χ0n) is 13.2. The van der Waals surface area contributed by atoms with Crippen LogP contribution in [-0.4, -0.2) is 27.9 Å². The summed E-state index contributed by atoms with van der Waals surface area (Å²) in [5.74, 6) is 0.595. The number of ether oxygens (including phenoxy) is 1. The molecule has 1 aliphatic rings. The number of rotatable bonds is 2. The summed E-state index contributed by atoms with van der Waals surface area (Å²) >= 11 is 5.27. The molecule has 1 aliphatic heterocycles. The van der Waals surface area contributed by atoms with Crippen LogP contribution in [0.1, 0.15) is 44.9 Å². The fourth-order valence-electron chi connectivity index (χ4n) is 2.55. The number of hydrogen-bond acceptors (Lipinski definition) is 4. The number of nitrogens with zero attached hydrogens (tertiary/aromatic N) is 1. The smallest absolute Gasteiger partial charge is 0.166 e. The molecule has 0 aromatic heterocycles. The van der Waals surface area contributed by atoms with Crippen molar-refractivity contribution < 1.29 is 9.84 Å². The van der Waals surface area contributed by atoms with E-state index in [1.165, 1.54) is 0 Å². The Balaban J connectivity index is 2.30. The molecule has 0 spiro atoms. The molecule has 5 nitrogen and oxygen atoms in total. The van der Waals surface area contributed by atoms with E-state index < -0.39 is 17.7 Å². The Morgan fingerprint density at radius 3 is 2.73 bits per heavy atom. The number of aliphatic hydroxyl groups excluding tert-OH is 1. The first kappa shape index (κ1) is 16.5. The molecule has 1 aromatic rings. The van der Waals surface area contributed by atoms with Crippen LogP contribution in [-0.2, 0) is 0 Å². The van der Waals surface area contributed by atoms with E-state index in [4.69, 9.17) is 22.2 Å². The third kappa shape index (κ3) is 3.32. The van der Waals surface area contributed by atoms with Gasteiger partial charge in [0.2, 0.25) is 0 Å². The molecule has 0 aliphatic carbocycles. The normalized spacial score (nSPS) is 22.2. The number of benzene rings is 1. The van der Waals surface area contributed by atoms with Gasteiger partial charge in [-0.2, -0.15) is 5.26 Å². The van der Waals surface area contributed by atoms with Crippen molar-refractivity contribution in [1.29, 1.82) is 5.26 Å². The third-order valence-electron chi connectivity index (χ3n) is 3.60. The van der Waals surface area contributed by atoms with E-state index in [-0.39, 0.29) is 6.04 Å². The highest BCUT2D eigenvalue weighted by Crippen LogP contribution is 2.40. The minimum Gasteiger partial charge on any atom is -0.485 e. The lowest BCUT2D eigenvalue weighted by molar-refractivity contribution is -0.0202. The number of thiocarbonyl (C=S) groups is 1. The van der Waals surface area contributed by atoms with Gasteiger partial charge in [-0.15, -0.1) is 0 Å². The van der Waals surface area contributed by atoms with Crippen LogP contribution in [0.3, 0.4) is 0 Å². The van der Waals surface area contributed by atoms with Crippen LogP contribution in [0, 0.1) is 11.3 Å². The summed E-state index contributed by atoms with van der Waals surface area (Å²) in [6, 6.07) is 6.91. The van der Waals surface area contributed by atoms with Gasteiger partial charge in [0, 0.05) is 11.6 Å². The van der Waals surface area contributed by atoms with E-state index in [1.807, 2.05) is 27.7 Å². The fourth-order valence-corrected chi connectivity index (χ4v) is 2.91. The van der Waals surface area contributed by atoms with E-state index in [2.05, 4.69) is 16.7 Å². The molecule has 2 rings (SSSR count). The molecule has 1 heterocycles. The molecule has 0 amide bonds. The summed E-state index contributed by atoms with van der Waals surface area (Å²) in [6.45, 7) is 7.77. The molecule has 0 fully saturated rings. The summed E-state index contributed by atoms with van der Waals surface area (Å²) in [7, 11) is 0. The van der Waals surface area contributed by atoms with Crippen LogP contribution in [0.5, 0.6) is 5.75 Å². The predicted octanol–water partition coefficient (Wildman–Crippen LogP) is 2.00. The second-order valence-electron chi connectivity index (χ2n) is 6.26. The van der Waals surface area contributed by atoms with Crippen molar-refractivity contribution in [3.63, 3.8) is 0 Å². The molecule has 118 valence electrons. The first-order chi connectivity index (χ1) is 10.2. The summed E-state index contributed by atoms with van der Waals surface area (Å²) in [5.41, 5.74) is 0.439. The Hall–Kier alpha value is -1.84. The Kier molecular flexibility index (Phi) is 4.59. The zero-order chi connectivity index (χ0) is 16.5. The average Bonchev–Trinajstić information content (AvgIpc) is 2.42. The van der Waals surface area contributed by atoms with Crippen LogP contribution in [0.15, 0.2) is 18.2 Å². The van der Waals surface area contributed by atoms with Gasteiger partial charge >= 0.3 is 0 Å². The van der Waals surface area contributed by atoms with Crippen molar-refractivity contribution >= 4 is 17.3 Å². The van der Waals surface area contributed by atoms with E-state index in [0.717, 1.165) is 0 Å². The van der Waals surface area contributed by atoms with Crippen LogP contribution in [0.2, 0.25) is 0 Å². The monoisotopic (exact) mass is 319 g/mol. The van der Waals surface area contributed by atoms with Crippen LogP contribution in [0.4, 0.5) is 0 Å². The van der Waals surface area contributed by atoms with E-state index in [0.29, 0.717) is 22.0 Å². The zero-order valence-corrected chi connectivity index (χ0v) is 14.0. The highest BCUT2D eigenvalue weighted by molar-refractivity contribution is 7.80. The molecular weight excluding hydrogens is 298 g/mol. The first-order valence-corrected chi connectivity index (χ1v) is 7.63. The lowest BCUT2D eigenvalue weighted by Crippen LogP contribution is -2.59. The molecular formula is C16H21N3O2S. The SMILES string of the molecule is CC(C)NC(=S)NC1C(O)c2cc(C#N)ccc2OC1(C)C. The molecule has 0 bridgehead atoms. The molecule has 0 radical (unpaired) electrons. The Labute approximate surface area is 136 Å². The van der Waals surface area contributed by atoms with Gasteiger partial charge in [0.1, 0.15) is 17.5 Å². The number of fused-ring (bicyclic) bond motifs is 1. The molecule has 0 saturated heterocycles. The summed E-state index contributed by atoms with van der Waals surface area (Å²) in [5, 5.41) is 26.4. The molecule has 1 aromatic carbocycles. The number of nitrogens with one attached hydrogen (secondary N) is 2. The minimum atomic E-state index is -0.820. The van der Waals surface area contributed by atoms with Gasteiger partial charge in [0.05, 0.1) is 17.7 Å². The second kappa shape index (κ2) is 6.11. The number of nitriles is 1. The Bertz CT molecular complexity index is 622. The lowest BCUT2D eigenvalue weighted by Gasteiger charge is -2.43. The van der Waals surface area contributed by atoms with Crippen molar-refractivity contribution in [2.45, 2.75) is 51.5 Å². The van der Waals surface area contributed by atoms with E-state index >= 15 is 0 Å². The van der Waals surface area contributed by atoms with Crippen molar-refractivity contribution in [2.75, 3.05) is 0 Å². The molecule has 0 saturated carbocycles. The van der Waals surface area contributed by atoms with Gasteiger partial charge in [0.25, 0.3) is 0 Å². The Morgan fingerprint density at radius 1 is 1.45 bits per heavy atom. The molecule has 3 N–H and O–H groups in total. The molecule has 2 unspecified atom stereocenters. The third-order valence-corrected chi connectivity index (χ3v) is 3.84. The van der Waals surface area contributed by atoms with Gasteiger partial charge in [-0.05, 0) is 58.1 Å². The fraction of sp³-hybridized carbons (Fsp3) is 0.500. The summed E-state index contributed by atoms with van der Waals surface area (Å²) in [6.07, 6.45) is -0.820. The maximum Gasteiger partial charge on any atom is 0.166 e. The van der Waals surface area contributed by atoms with E-state index in [1.54, 1.807) is 18.2 Å². The average molecular weight is 319 g/mol. The van der Waals surface area contributed by atoms with Gasteiger partial charge in [-0.3, -0.25) is 0 Å². The molecule has 6 heteroatoms. The van der Waals surface area contributed by atoms with Crippen molar-refractivity contribution in [3.05, 3.63) is 29.3 Å². The maximum atomic E-state index is 10.7. The number of aliphatic hydroxyl groups is 1. The summed E-state index contributed by atoms with van der Waals surface area (Å²) < 4.78 is 5.99. The van der Waals surface area contributed by atoms with Crippen LogP contribution < -0.4 is 15.4 Å². The Morgan fingerprint density at radius 2 is 2.14 bits per heavy atom. The lowest BCUT2D eigenvalue weighted by atomic mass is 9.85.